The van der Waals surface area contributed by atoms with E-state index in [1.54, 1.807) is 7.11 Å². The van der Waals surface area contributed by atoms with Crippen LogP contribution in [0.1, 0.15) is 24.8 Å². The van der Waals surface area contributed by atoms with Gasteiger partial charge in [0.25, 0.3) is 0 Å². The van der Waals surface area contributed by atoms with E-state index in [4.69, 9.17) is 9.84 Å². The van der Waals surface area contributed by atoms with E-state index in [1.807, 2.05) is 4.90 Å². The van der Waals surface area contributed by atoms with Crippen LogP contribution in [0.25, 0.3) is 0 Å². The van der Waals surface area contributed by atoms with Crippen LogP contribution < -0.4 is 4.90 Å². The van der Waals surface area contributed by atoms with E-state index >= 15 is 0 Å². The van der Waals surface area contributed by atoms with Crippen molar-refractivity contribution in [1.82, 2.24) is 19.6 Å². The SMILES string of the molecule is COC1=C2CCN(C(=O)Cc3ccc(N4CCN(CCO)CC4)cc3)C=C2C(N2CCN(C)CC2)CC1. The Kier molecular flexibility index (Phi) is 8.49. The average molecular weight is 510 g/mol. The van der Waals surface area contributed by atoms with Gasteiger partial charge in [0, 0.05) is 89.8 Å². The average Bonchev–Trinajstić information content (AvgIpc) is 2.94. The molecule has 1 aromatic carbocycles. The third kappa shape index (κ3) is 6.03. The van der Waals surface area contributed by atoms with Crippen molar-refractivity contribution in [3.63, 3.8) is 0 Å². The second kappa shape index (κ2) is 12.0. The number of carbonyl (C=O) groups is 1. The number of fused-ring (bicyclic) bond motifs is 1. The fraction of sp³-hybridized carbons (Fsp3) is 0.621. The number of rotatable bonds is 7. The molecule has 1 aliphatic carbocycles. The maximum Gasteiger partial charge on any atom is 0.230 e. The van der Waals surface area contributed by atoms with Crippen molar-refractivity contribution in [2.24, 2.45) is 0 Å². The lowest BCUT2D eigenvalue weighted by molar-refractivity contribution is -0.128. The zero-order chi connectivity index (χ0) is 25.8. The van der Waals surface area contributed by atoms with Crippen LogP contribution in [0.4, 0.5) is 5.69 Å². The number of piperazine rings is 2. The van der Waals surface area contributed by atoms with Gasteiger partial charge in [-0.15, -0.1) is 0 Å². The molecule has 1 aromatic rings. The van der Waals surface area contributed by atoms with Crippen LogP contribution in [0.2, 0.25) is 0 Å². The molecule has 0 spiro atoms. The Labute approximate surface area is 221 Å². The van der Waals surface area contributed by atoms with Gasteiger partial charge in [0.05, 0.1) is 25.9 Å². The summed E-state index contributed by atoms with van der Waals surface area (Å²) in [5.41, 5.74) is 4.89. The molecule has 5 rings (SSSR count). The molecule has 0 aromatic heterocycles. The van der Waals surface area contributed by atoms with Crippen molar-refractivity contribution in [2.75, 3.05) is 91.1 Å². The molecule has 1 atom stereocenters. The van der Waals surface area contributed by atoms with Crippen LogP contribution in [0.5, 0.6) is 0 Å². The highest BCUT2D eigenvalue weighted by Gasteiger charge is 2.35. The van der Waals surface area contributed by atoms with E-state index in [-0.39, 0.29) is 12.5 Å². The molecular weight excluding hydrogens is 466 g/mol. The van der Waals surface area contributed by atoms with E-state index in [0.717, 1.165) is 96.0 Å². The largest absolute Gasteiger partial charge is 0.501 e. The predicted octanol–water partition coefficient (Wildman–Crippen LogP) is 1.77. The highest BCUT2D eigenvalue weighted by molar-refractivity contribution is 5.80. The Balaban J connectivity index is 1.24. The topological polar surface area (TPSA) is 62.7 Å². The van der Waals surface area contributed by atoms with Crippen molar-refractivity contribution in [3.05, 3.63) is 52.9 Å². The fourth-order valence-electron chi connectivity index (χ4n) is 6.26. The van der Waals surface area contributed by atoms with Crippen LogP contribution >= 0.6 is 0 Å². The molecule has 3 aliphatic heterocycles. The van der Waals surface area contributed by atoms with Crippen LogP contribution in [0, 0.1) is 0 Å². The van der Waals surface area contributed by atoms with Crippen molar-refractivity contribution in [2.45, 2.75) is 31.7 Å². The Morgan fingerprint density at radius 1 is 0.973 bits per heavy atom. The lowest BCUT2D eigenvalue weighted by atomic mass is 9.83. The number of allylic oxidation sites excluding steroid dienone is 1. The quantitative estimate of drug-likeness (QED) is 0.601. The number of carbonyl (C=O) groups excluding carboxylic acids is 1. The zero-order valence-corrected chi connectivity index (χ0v) is 22.6. The molecule has 0 saturated carbocycles. The number of likely N-dealkylation sites (N-methyl/N-ethyl adjacent to an activating group) is 1. The molecule has 1 unspecified atom stereocenters. The summed E-state index contributed by atoms with van der Waals surface area (Å²) in [6.07, 6.45) is 5.47. The summed E-state index contributed by atoms with van der Waals surface area (Å²) in [7, 11) is 3.98. The monoisotopic (exact) mass is 509 g/mol. The second-order valence-corrected chi connectivity index (χ2v) is 10.8. The number of anilines is 1. The van der Waals surface area contributed by atoms with E-state index in [1.165, 1.54) is 16.8 Å². The Hall–Kier alpha value is -2.39. The molecule has 37 heavy (non-hydrogen) atoms. The smallest absolute Gasteiger partial charge is 0.230 e. The van der Waals surface area contributed by atoms with Gasteiger partial charge in [0.15, 0.2) is 0 Å². The van der Waals surface area contributed by atoms with Gasteiger partial charge >= 0.3 is 0 Å². The summed E-state index contributed by atoms with van der Waals surface area (Å²) in [4.78, 5) is 25.0. The third-order valence-electron chi connectivity index (χ3n) is 8.58. The number of benzene rings is 1. The second-order valence-electron chi connectivity index (χ2n) is 10.8. The number of hydrogen-bond acceptors (Lipinski definition) is 7. The molecule has 3 heterocycles. The first-order valence-corrected chi connectivity index (χ1v) is 13.9. The maximum absolute atomic E-state index is 13.4. The molecule has 0 bridgehead atoms. The van der Waals surface area contributed by atoms with Gasteiger partial charge in [-0.3, -0.25) is 14.6 Å². The summed E-state index contributed by atoms with van der Waals surface area (Å²) in [5, 5.41) is 9.16. The number of hydrogen-bond donors (Lipinski definition) is 1. The molecule has 0 radical (unpaired) electrons. The van der Waals surface area contributed by atoms with Gasteiger partial charge in [0.1, 0.15) is 0 Å². The number of aliphatic hydroxyl groups excluding tert-OH is 1. The lowest BCUT2D eigenvalue weighted by Gasteiger charge is -2.43. The van der Waals surface area contributed by atoms with Crippen molar-refractivity contribution < 1.29 is 14.6 Å². The maximum atomic E-state index is 13.4. The van der Waals surface area contributed by atoms with Gasteiger partial charge in [-0.25, -0.2) is 0 Å². The minimum Gasteiger partial charge on any atom is -0.501 e. The number of β-amino-alcohol motifs (C(OH)–C–C–N with tert-alkyl or cyclic N) is 1. The summed E-state index contributed by atoms with van der Waals surface area (Å²) in [6.45, 7) is 9.90. The molecule has 8 heteroatoms. The van der Waals surface area contributed by atoms with Gasteiger partial charge in [-0.1, -0.05) is 12.1 Å². The van der Waals surface area contributed by atoms with E-state index in [2.05, 4.69) is 57.1 Å². The van der Waals surface area contributed by atoms with Crippen LogP contribution in [-0.2, 0) is 16.0 Å². The molecule has 202 valence electrons. The summed E-state index contributed by atoms with van der Waals surface area (Å²) >= 11 is 0. The number of aliphatic hydroxyl groups is 1. The predicted molar refractivity (Wildman–Crippen MR) is 146 cm³/mol. The highest BCUT2D eigenvalue weighted by atomic mass is 16.5. The van der Waals surface area contributed by atoms with E-state index < -0.39 is 0 Å². The molecule has 2 saturated heterocycles. The van der Waals surface area contributed by atoms with Gasteiger partial charge in [-0.2, -0.15) is 0 Å². The molecule has 1 N–H and O–H groups in total. The highest BCUT2D eigenvalue weighted by Crippen LogP contribution is 2.38. The summed E-state index contributed by atoms with van der Waals surface area (Å²) < 4.78 is 5.77. The zero-order valence-electron chi connectivity index (χ0n) is 22.6. The van der Waals surface area contributed by atoms with Crippen LogP contribution in [-0.4, -0.2) is 123 Å². The first-order valence-electron chi connectivity index (χ1n) is 13.9. The normalized spacial score (nSPS) is 24.2. The molecule has 1 amide bonds. The number of ether oxygens (including phenoxy) is 1. The Morgan fingerprint density at radius 2 is 1.70 bits per heavy atom. The van der Waals surface area contributed by atoms with Crippen LogP contribution in [0.15, 0.2) is 47.4 Å². The van der Waals surface area contributed by atoms with Gasteiger partial charge in [-0.05, 0) is 48.7 Å². The molecular formula is C29H43N5O3. The van der Waals surface area contributed by atoms with E-state index in [9.17, 15) is 4.79 Å². The number of nitrogens with zero attached hydrogens (tertiary/aromatic N) is 5. The first-order chi connectivity index (χ1) is 18.1. The number of amides is 1. The van der Waals surface area contributed by atoms with E-state index in [0.29, 0.717) is 12.5 Å². The minimum atomic E-state index is 0.165. The fourth-order valence-corrected chi connectivity index (χ4v) is 6.26. The number of methoxy groups -OCH3 is 1. The lowest BCUT2D eigenvalue weighted by Crippen LogP contribution is -2.51. The molecule has 2 fully saturated rings. The third-order valence-corrected chi connectivity index (χ3v) is 8.58. The van der Waals surface area contributed by atoms with Gasteiger partial charge in [0.2, 0.25) is 5.91 Å². The standard InChI is InChI=1S/C29H43N5O3/c1-30-11-15-33(16-12-30)27-7-8-28(37-2)25-9-10-34(22-26(25)27)29(36)21-23-3-5-24(6-4-23)32-17-13-31(14-18-32)19-20-35/h3-6,22,27,35H,7-21H2,1-2H3. The van der Waals surface area contributed by atoms with Gasteiger partial charge < -0.3 is 24.5 Å². The van der Waals surface area contributed by atoms with Crippen LogP contribution in [0.3, 0.4) is 0 Å². The Morgan fingerprint density at radius 3 is 2.38 bits per heavy atom. The molecule has 8 nitrogen and oxygen atoms in total. The summed E-state index contributed by atoms with van der Waals surface area (Å²) in [5.74, 6) is 1.27. The van der Waals surface area contributed by atoms with Crippen molar-refractivity contribution in [3.8, 4) is 0 Å². The molecule has 4 aliphatic rings. The van der Waals surface area contributed by atoms with Crippen molar-refractivity contribution in [1.29, 1.82) is 0 Å². The Bertz CT molecular complexity index is 991. The van der Waals surface area contributed by atoms with Crippen molar-refractivity contribution >= 4 is 11.6 Å². The minimum absolute atomic E-state index is 0.165. The summed E-state index contributed by atoms with van der Waals surface area (Å²) in [6, 6.07) is 8.87. The first kappa shape index (κ1) is 26.2.